The highest BCUT2D eigenvalue weighted by Gasteiger charge is 2.46. The Bertz CT molecular complexity index is 603. The number of likely N-dealkylation sites (tertiary alicyclic amines) is 1. The number of piperidine rings is 1. The summed E-state index contributed by atoms with van der Waals surface area (Å²) in [5.74, 6) is 0.371. The van der Waals surface area contributed by atoms with E-state index < -0.39 is 5.41 Å². The van der Waals surface area contributed by atoms with Gasteiger partial charge in [-0.3, -0.25) is 4.79 Å². The van der Waals surface area contributed by atoms with Crippen LogP contribution in [0.15, 0.2) is 28.7 Å². The van der Waals surface area contributed by atoms with E-state index in [4.69, 9.17) is 4.74 Å². The molecule has 5 heteroatoms. The number of hydrogen-bond acceptors (Lipinski definition) is 2. The molecule has 26 heavy (non-hydrogen) atoms. The SMILES string of the molecule is CC(C(=O)OC1CC[N+](C)(C)CC1)(c1ccc(Br)cc1)C1CCCC1.[I-]. The molecule has 1 aromatic carbocycles. The van der Waals surface area contributed by atoms with Crippen molar-refractivity contribution >= 4 is 21.9 Å². The van der Waals surface area contributed by atoms with E-state index in [0.29, 0.717) is 5.92 Å². The zero-order valence-electron chi connectivity index (χ0n) is 16.1. The van der Waals surface area contributed by atoms with E-state index in [1.165, 1.54) is 12.8 Å². The Balaban J connectivity index is 0.00000243. The monoisotopic (exact) mass is 535 g/mol. The minimum absolute atomic E-state index is 0. The van der Waals surface area contributed by atoms with Gasteiger partial charge in [0.05, 0.1) is 32.6 Å². The van der Waals surface area contributed by atoms with Gasteiger partial charge >= 0.3 is 5.97 Å². The largest absolute Gasteiger partial charge is 1.00 e. The maximum absolute atomic E-state index is 13.3. The van der Waals surface area contributed by atoms with Crippen molar-refractivity contribution in [2.24, 2.45) is 5.92 Å². The first-order valence-electron chi connectivity index (χ1n) is 9.60. The summed E-state index contributed by atoms with van der Waals surface area (Å²) in [6.07, 6.45) is 6.71. The standard InChI is InChI=1S/C21H31BrNO2.HI/c1-21(16-6-4-5-7-16,17-8-10-18(22)11-9-17)20(24)25-19-12-14-23(2,3)15-13-19;/h8-11,16,19H,4-7,12-15H2,1-3H3;1H/q+1;/p-1. The van der Waals surface area contributed by atoms with E-state index >= 15 is 0 Å². The zero-order valence-corrected chi connectivity index (χ0v) is 19.9. The van der Waals surface area contributed by atoms with Gasteiger partial charge in [0.25, 0.3) is 0 Å². The third-order valence-corrected chi connectivity index (χ3v) is 6.95. The number of benzene rings is 1. The van der Waals surface area contributed by atoms with Crippen LogP contribution in [-0.2, 0) is 14.9 Å². The fourth-order valence-electron chi connectivity index (χ4n) is 4.45. The van der Waals surface area contributed by atoms with Crippen molar-refractivity contribution in [3.63, 3.8) is 0 Å². The van der Waals surface area contributed by atoms with Crippen molar-refractivity contribution in [1.82, 2.24) is 0 Å². The second kappa shape index (κ2) is 8.91. The highest BCUT2D eigenvalue weighted by Crippen LogP contribution is 2.43. The number of carbonyl (C=O) groups excluding carboxylic acids is 1. The van der Waals surface area contributed by atoms with Gasteiger partial charge in [0.15, 0.2) is 0 Å². The van der Waals surface area contributed by atoms with E-state index in [2.05, 4.69) is 49.1 Å². The number of ether oxygens (including phenoxy) is 1. The number of carbonyl (C=O) groups is 1. The van der Waals surface area contributed by atoms with Gasteiger partial charge in [0.2, 0.25) is 0 Å². The Hall–Kier alpha value is -0.140. The molecule has 1 aromatic rings. The first-order valence-corrected chi connectivity index (χ1v) is 10.4. The summed E-state index contributed by atoms with van der Waals surface area (Å²) >= 11 is 3.51. The first-order chi connectivity index (χ1) is 11.8. The molecule has 1 aliphatic heterocycles. The molecule has 2 fully saturated rings. The predicted molar refractivity (Wildman–Crippen MR) is 104 cm³/mol. The molecule has 3 nitrogen and oxygen atoms in total. The molecule has 2 aliphatic rings. The minimum Gasteiger partial charge on any atom is -1.00 e. The minimum atomic E-state index is -0.529. The molecule has 1 unspecified atom stereocenters. The molecular weight excluding hydrogens is 505 g/mol. The Morgan fingerprint density at radius 1 is 1.08 bits per heavy atom. The van der Waals surface area contributed by atoms with Crippen molar-refractivity contribution in [2.45, 2.75) is 57.0 Å². The third-order valence-electron chi connectivity index (χ3n) is 6.43. The van der Waals surface area contributed by atoms with Crippen LogP contribution in [-0.4, -0.2) is 43.7 Å². The molecule has 1 aliphatic carbocycles. The Morgan fingerprint density at radius 2 is 1.62 bits per heavy atom. The van der Waals surface area contributed by atoms with Gasteiger partial charge in [-0.05, 0) is 43.4 Å². The second-order valence-electron chi connectivity index (χ2n) is 8.68. The molecule has 3 rings (SSSR count). The molecular formula is C21H31BrINO2. The molecule has 1 atom stereocenters. The van der Waals surface area contributed by atoms with E-state index in [0.717, 1.165) is 53.3 Å². The van der Waals surface area contributed by atoms with E-state index in [-0.39, 0.29) is 36.0 Å². The van der Waals surface area contributed by atoms with Crippen LogP contribution in [0.25, 0.3) is 0 Å². The average Bonchev–Trinajstić information content (AvgIpc) is 3.11. The topological polar surface area (TPSA) is 26.3 Å². The maximum atomic E-state index is 13.3. The normalized spacial score (nSPS) is 23.1. The Labute approximate surface area is 183 Å². The molecule has 1 heterocycles. The summed E-state index contributed by atoms with van der Waals surface area (Å²) < 4.78 is 8.16. The number of hydrogen-bond donors (Lipinski definition) is 0. The van der Waals surface area contributed by atoms with Crippen LogP contribution < -0.4 is 24.0 Å². The van der Waals surface area contributed by atoms with Gasteiger partial charge in [-0.25, -0.2) is 0 Å². The predicted octanol–water partition coefficient (Wildman–Crippen LogP) is 1.68. The number of quaternary nitrogens is 1. The van der Waals surface area contributed by atoms with Crippen molar-refractivity contribution in [2.75, 3.05) is 27.2 Å². The molecule has 1 saturated heterocycles. The number of halogens is 2. The Morgan fingerprint density at radius 3 is 2.15 bits per heavy atom. The smallest absolute Gasteiger partial charge is 0.316 e. The summed E-state index contributed by atoms with van der Waals surface area (Å²) in [5.41, 5.74) is 0.568. The quantitative estimate of drug-likeness (QED) is 0.333. The lowest BCUT2D eigenvalue weighted by Gasteiger charge is -2.39. The van der Waals surface area contributed by atoms with Gasteiger partial charge in [-0.15, -0.1) is 0 Å². The van der Waals surface area contributed by atoms with Crippen LogP contribution in [0.4, 0.5) is 0 Å². The third kappa shape index (κ3) is 4.82. The molecule has 0 amide bonds. The lowest BCUT2D eigenvalue weighted by molar-refractivity contribution is -0.896. The maximum Gasteiger partial charge on any atom is 0.316 e. The van der Waals surface area contributed by atoms with Crippen LogP contribution in [0.3, 0.4) is 0 Å². The molecule has 0 bridgehead atoms. The lowest BCUT2D eigenvalue weighted by atomic mass is 9.71. The van der Waals surface area contributed by atoms with Crippen molar-refractivity contribution in [3.05, 3.63) is 34.3 Å². The van der Waals surface area contributed by atoms with Gasteiger partial charge in [0, 0.05) is 17.3 Å². The molecule has 1 saturated carbocycles. The summed E-state index contributed by atoms with van der Waals surface area (Å²) in [7, 11) is 4.50. The fourth-order valence-corrected chi connectivity index (χ4v) is 4.72. The average molecular weight is 536 g/mol. The van der Waals surface area contributed by atoms with Crippen LogP contribution >= 0.6 is 15.9 Å². The number of nitrogens with zero attached hydrogens (tertiary/aromatic N) is 1. The van der Waals surface area contributed by atoms with Crippen LogP contribution in [0.2, 0.25) is 0 Å². The molecule has 0 radical (unpaired) electrons. The first kappa shape index (κ1) is 22.2. The van der Waals surface area contributed by atoms with E-state index in [1.807, 2.05) is 12.1 Å². The highest BCUT2D eigenvalue weighted by atomic mass is 127. The summed E-state index contributed by atoms with van der Waals surface area (Å²) in [6, 6.07) is 8.25. The van der Waals surface area contributed by atoms with Crippen LogP contribution in [0, 0.1) is 5.92 Å². The number of esters is 1. The van der Waals surface area contributed by atoms with E-state index in [9.17, 15) is 4.79 Å². The van der Waals surface area contributed by atoms with Gasteiger partial charge in [0.1, 0.15) is 6.10 Å². The number of rotatable bonds is 4. The van der Waals surface area contributed by atoms with E-state index in [1.54, 1.807) is 0 Å². The van der Waals surface area contributed by atoms with Gasteiger partial charge in [-0.2, -0.15) is 0 Å². The van der Waals surface area contributed by atoms with Crippen molar-refractivity contribution in [3.8, 4) is 0 Å². The second-order valence-corrected chi connectivity index (χ2v) is 9.59. The highest BCUT2D eigenvalue weighted by molar-refractivity contribution is 9.10. The Kier molecular flexibility index (Phi) is 7.59. The summed E-state index contributed by atoms with van der Waals surface area (Å²) in [6.45, 7) is 4.27. The zero-order chi connectivity index (χ0) is 18.1. The lowest BCUT2D eigenvalue weighted by Crippen LogP contribution is -3.00. The molecule has 0 spiro atoms. The van der Waals surface area contributed by atoms with Crippen LogP contribution in [0.1, 0.15) is 51.0 Å². The van der Waals surface area contributed by atoms with Gasteiger partial charge < -0.3 is 33.2 Å². The van der Waals surface area contributed by atoms with Crippen molar-refractivity contribution < 1.29 is 38.0 Å². The molecule has 0 N–H and O–H groups in total. The fraction of sp³-hybridized carbons (Fsp3) is 0.667. The molecule has 146 valence electrons. The summed E-state index contributed by atoms with van der Waals surface area (Å²) in [4.78, 5) is 13.3. The molecule has 0 aromatic heterocycles. The van der Waals surface area contributed by atoms with Crippen molar-refractivity contribution in [1.29, 1.82) is 0 Å². The van der Waals surface area contributed by atoms with Gasteiger partial charge in [-0.1, -0.05) is 40.9 Å². The summed E-state index contributed by atoms with van der Waals surface area (Å²) in [5, 5.41) is 0. The van der Waals surface area contributed by atoms with Crippen LogP contribution in [0.5, 0.6) is 0 Å².